The molecule has 1 aromatic rings. The number of fused-ring (bicyclic) bond motifs is 1. The van der Waals surface area contributed by atoms with E-state index in [2.05, 4.69) is 22.2 Å². The highest BCUT2D eigenvalue weighted by Crippen LogP contribution is 2.33. The number of carbonyl (C=O) groups excluding carboxylic acids is 2. The van der Waals surface area contributed by atoms with Gasteiger partial charge in [-0.15, -0.1) is 11.3 Å². The van der Waals surface area contributed by atoms with Crippen LogP contribution in [-0.2, 0) is 22.4 Å². The lowest BCUT2D eigenvalue weighted by Gasteiger charge is -2.32. The molecular formula is C22H34N4O3S. The summed E-state index contributed by atoms with van der Waals surface area (Å²) in [6.45, 7) is 8.89. The quantitative estimate of drug-likeness (QED) is 0.679. The van der Waals surface area contributed by atoms with Crippen LogP contribution in [0.15, 0.2) is 6.07 Å². The van der Waals surface area contributed by atoms with E-state index in [9.17, 15) is 9.59 Å². The Bertz CT molecular complexity index is 739. The molecule has 1 aliphatic carbocycles. The monoisotopic (exact) mass is 434 g/mol. The fourth-order valence-corrected chi connectivity index (χ4v) is 5.68. The van der Waals surface area contributed by atoms with Gasteiger partial charge in [0.1, 0.15) is 0 Å². The molecule has 3 heterocycles. The predicted molar refractivity (Wildman–Crippen MR) is 118 cm³/mol. The van der Waals surface area contributed by atoms with Gasteiger partial charge in [0.25, 0.3) is 5.91 Å². The van der Waals surface area contributed by atoms with E-state index in [-0.39, 0.29) is 17.7 Å². The van der Waals surface area contributed by atoms with Gasteiger partial charge in [-0.25, -0.2) is 0 Å². The van der Waals surface area contributed by atoms with Gasteiger partial charge < -0.3 is 24.8 Å². The number of thiophene rings is 1. The van der Waals surface area contributed by atoms with Crippen molar-refractivity contribution in [2.45, 2.75) is 25.7 Å². The topological polar surface area (TPSA) is 65.1 Å². The van der Waals surface area contributed by atoms with Gasteiger partial charge >= 0.3 is 0 Å². The summed E-state index contributed by atoms with van der Waals surface area (Å²) in [6, 6.07) is 2.03. The molecule has 7 nitrogen and oxygen atoms in total. The smallest absolute Gasteiger partial charge is 0.264 e. The lowest BCUT2D eigenvalue weighted by atomic mass is 9.87. The number of hydrogen-bond donors (Lipinski definition) is 1. The summed E-state index contributed by atoms with van der Waals surface area (Å²) in [5, 5.41) is 3.15. The van der Waals surface area contributed by atoms with Gasteiger partial charge in [0.15, 0.2) is 0 Å². The number of likely N-dealkylation sites (N-methyl/N-ethyl adjacent to an activating group) is 1. The van der Waals surface area contributed by atoms with Crippen molar-refractivity contribution in [1.29, 1.82) is 0 Å². The summed E-state index contributed by atoms with van der Waals surface area (Å²) in [4.78, 5) is 34.2. The van der Waals surface area contributed by atoms with Gasteiger partial charge in [0.05, 0.1) is 18.1 Å². The van der Waals surface area contributed by atoms with Gasteiger partial charge in [-0.1, -0.05) is 0 Å². The zero-order chi connectivity index (χ0) is 20.9. The van der Waals surface area contributed by atoms with E-state index >= 15 is 0 Å². The fourth-order valence-electron chi connectivity index (χ4n) is 4.51. The van der Waals surface area contributed by atoms with Crippen LogP contribution in [-0.4, -0.2) is 99.1 Å². The van der Waals surface area contributed by atoms with Crippen LogP contribution in [0.25, 0.3) is 0 Å². The molecule has 0 saturated carbocycles. The first kappa shape index (κ1) is 21.7. The third-order valence-electron chi connectivity index (χ3n) is 6.51. The van der Waals surface area contributed by atoms with Crippen LogP contribution in [0.3, 0.4) is 0 Å². The number of aryl methyl sites for hydroxylation is 1. The van der Waals surface area contributed by atoms with Crippen molar-refractivity contribution >= 4 is 23.2 Å². The molecule has 1 N–H and O–H groups in total. The number of ether oxygens (including phenoxy) is 1. The molecule has 2 aliphatic heterocycles. The maximum Gasteiger partial charge on any atom is 0.264 e. The minimum atomic E-state index is 0.0297. The average Bonchev–Trinajstić information content (AvgIpc) is 3.21. The molecule has 1 unspecified atom stereocenters. The van der Waals surface area contributed by atoms with Crippen LogP contribution in [0.2, 0.25) is 0 Å². The fraction of sp³-hybridized carbons (Fsp3) is 0.727. The Morgan fingerprint density at radius 1 is 1.17 bits per heavy atom. The summed E-state index contributed by atoms with van der Waals surface area (Å²) in [5.41, 5.74) is 1.19. The van der Waals surface area contributed by atoms with Crippen LogP contribution in [0.4, 0.5) is 0 Å². The van der Waals surface area contributed by atoms with E-state index in [0.717, 1.165) is 69.8 Å². The first-order chi connectivity index (χ1) is 14.6. The van der Waals surface area contributed by atoms with Crippen molar-refractivity contribution in [3.8, 4) is 0 Å². The Kier molecular flexibility index (Phi) is 7.41. The molecule has 0 radical (unpaired) electrons. The molecule has 2 saturated heterocycles. The molecule has 4 rings (SSSR count). The van der Waals surface area contributed by atoms with Gasteiger partial charge in [-0.3, -0.25) is 9.59 Å². The minimum absolute atomic E-state index is 0.0297. The van der Waals surface area contributed by atoms with E-state index in [4.69, 9.17) is 4.74 Å². The Balaban J connectivity index is 1.22. The minimum Gasteiger partial charge on any atom is -0.378 e. The molecule has 1 aromatic heterocycles. The first-order valence-electron chi connectivity index (χ1n) is 11.3. The molecule has 8 heteroatoms. The maximum absolute atomic E-state index is 12.8. The van der Waals surface area contributed by atoms with Crippen molar-refractivity contribution in [3.63, 3.8) is 0 Å². The number of amides is 2. The number of nitrogens with one attached hydrogen (secondary N) is 1. The maximum atomic E-state index is 12.8. The zero-order valence-electron chi connectivity index (χ0n) is 18.0. The number of rotatable bonds is 6. The second-order valence-corrected chi connectivity index (χ2v) is 9.83. The van der Waals surface area contributed by atoms with Crippen molar-refractivity contribution in [1.82, 2.24) is 20.0 Å². The van der Waals surface area contributed by atoms with E-state index in [1.165, 1.54) is 10.4 Å². The van der Waals surface area contributed by atoms with Crippen molar-refractivity contribution in [3.05, 3.63) is 21.4 Å². The highest BCUT2D eigenvalue weighted by Gasteiger charge is 2.28. The molecule has 30 heavy (non-hydrogen) atoms. The summed E-state index contributed by atoms with van der Waals surface area (Å²) in [5.74, 6) is 0.316. The molecule has 2 fully saturated rings. The van der Waals surface area contributed by atoms with E-state index in [1.54, 1.807) is 11.3 Å². The van der Waals surface area contributed by atoms with Crippen molar-refractivity contribution in [2.75, 3.05) is 72.6 Å². The summed E-state index contributed by atoms with van der Waals surface area (Å²) < 4.78 is 5.35. The lowest BCUT2D eigenvalue weighted by Crippen LogP contribution is -2.45. The van der Waals surface area contributed by atoms with E-state index in [1.807, 2.05) is 11.0 Å². The SMILES string of the molecule is CN1CCN(CCCNC(=O)C2CCc3sc(C(=O)N4CCOCC4)cc3C2)CC1. The highest BCUT2D eigenvalue weighted by molar-refractivity contribution is 7.14. The van der Waals surface area contributed by atoms with Gasteiger partial charge in [0, 0.05) is 56.6 Å². The molecular weight excluding hydrogens is 400 g/mol. The molecule has 3 aliphatic rings. The average molecular weight is 435 g/mol. The van der Waals surface area contributed by atoms with Crippen LogP contribution in [0.5, 0.6) is 0 Å². The molecule has 2 amide bonds. The Morgan fingerprint density at radius 2 is 1.93 bits per heavy atom. The third kappa shape index (κ3) is 5.41. The summed E-state index contributed by atoms with van der Waals surface area (Å²) in [6.07, 6.45) is 3.54. The Labute approximate surface area is 183 Å². The molecule has 0 spiro atoms. The molecule has 0 aromatic carbocycles. The molecule has 0 bridgehead atoms. The number of hydrogen-bond acceptors (Lipinski definition) is 6. The number of nitrogens with zero attached hydrogens (tertiary/aromatic N) is 3. The van der Waals surface area contributed by atoms with Crippen LogP contribution in [0, 0.1) is 5.92 Å². The van der Waals surface area contributed by atoms with Crippen LogP contribution in [0.1, 0.15) is 33.0 Å². The largest absolute Gasteiger partial charge is 0.378 e. The number of carbonyl (C=O) groups is 2. The van der Waals surface area contributed by atoms with E-state index in [0.29, 0.717) is 26.3 Å². The molecule has 166 valence electrons. The lowest BCUT2D eigenvalue weighted by molar-refractivity contribution is -0.125. The van der Waals surface area contributed by atoms with Crippen molar-refractivity contribution < 1.29 is 14.3 Å². The van der Waals surface area contributed by atoms with Gasteiger partial charge in [-0.05, 0) is 50.9 Å². The third-order valence-corrected chi connectivity index (χ3v) is 7.73. The number of morpholine rings is 1. The summed E-state index contributed by atoms with van der Waals surface area (Å²) >= 11 is 1.62. The van der Waals surface area contributed by atoms with Crippen LogP contribution < -0.4 is 5.32 Å². The second kappa shape index (κ2) is 10.2. The summed E-state index contributed by atoms with van der Waals surface area (Å²) in [7, 11) is 2.17. The normalized spacial score (nSPS) is 23.2. The predicted octanol–water partition coefficient (Wildman–Crippen LogP) is 1.08. The zero-order valence-corrected chi connectivity index (χ0v) is 18.8. The Morgan fingerprint density at radius 3 is 2.70 bits per heavy atom. The van der Waals surface area contributed by atoms with Gasteiger partial charge in [0.2, 0.25) is 5.91 Å². The first-order valence-corrected chi connectivity index (χ1v) is 12.1. The standard InChI is InChI=1S/C22H34N4O3S/c1-24-7-9-25(10-8-24)6-2-5-23-21(27)17-3-4-19-18(15-17)16-20(30-19)22(28)26-11-13-29-14-12-26/h16-17H,2-15H2,1H3,(H,23,27). The number of piperazine rings is 1. The van der Waals surface area contributed by atoms with Crippen molar-refractivity contribution in [2.24, 2.45) is 5.92 Å². The molecule has 1 atom stereocenters. The second-order valence-electron chi connectivity index (χ2n) is 8.69. The highest BCUT2D eigenvalue weighted by atomic mass is 32.1. The van der Waals surface area contributed by atoms with E-state index < -0.39 is 0 Å². The Hall–Kier alpha value is -1.48. The van der Waals surface area contributed by atoms with Crippen LogP contribution >= 0.6 is 11.3 Å². The van der Waals surface area contributed by atoms with Gasteiger partial charge in [-0.2, -0.15) is 0 Å².